The molecule has 0 bridgehead atoms. The van der Waals surface area contributed by atoms with Gasteiger partial charge in [-0.2, -0.15) is 0 Å². The van der Waals surface area contributed by atoms with Crippen molar-refractivity contribution in [1.29, 1.82) is 0 Å². The molecule has 0 fully saturated rings. The van der Waals surface area contributed by atoms with Crippen LogP contribution >= 0.6 is 24.4 Å². The van der Waals surface area contributed by atoms with Gasteiger partial charge in [-0.15, -0.1) is 0 Å². The van der Waals surface area contributed by atoms with E-state index < -0.39 is 11.9 Å². The molecule has 276 valence electrons. The van der Waals surface area contributed by atoms with E-state index >= 15 is 0 Å². The Morgan fingerprint density at radius 2 is 0.681 bits per heavy atom. The second kappa shape index (κ2) is 50.3. The van der Waals surface area contributed by atoms with Crippen LogP contribution in [-0.4, -0.2) is 43.8 Å². The van der Waals surface area contributed by atoms with E-state index in [1.165, 1.54) is 128 Å². The average molecular weight is 804 g/mol. The fraction of sp³-hybridized carbons (Fsp3) is 0.900. The Labute approximate surface area is 314 Å². The molecule has 47 heavy (non-hydrogen) atoms. The molecule has 4 nitrogen and oxygen atoms in total. The number of rotatable bonds is 36. The van der Waals surface area contributed by atoms with Crippen LogP contribution in [0.1, 0.15) is 219 Å². The number of hydrogen-bond donors (Lipinski definition) is 0. The molecule has 0 aliphatic heterocycles. The monoisotopic (exact) mass is 804 g/mol. The van der Waals surface area contributed by atoms with Crippen molar-refractivity contribution in [2.75, 3.05) is 0 Å². The van der Waals surface area contributed by atoms with Crippen molar-refractivity contribution in [2.24, 2.45) is 0 Å². The largest absolute Gasteiger partial charge is 0.550 e. The molecule has 0 aromatic carbocycles. The van der Waals surface area contributed by atoms with Crippen LogP contribution in [0.4, 0.5) is 0 Å². The van der Waals surface area contributed by atoms with Crippen LogP contribution in [0.15, 0.2) is 0 Å². The van der Waals surface area contributed by atoms with Crippen LogP contribution in [0.5, 0.6) is 0 Å². The molecule has 0 amide bonds. The molecular formula is C40H76O4S2Sn. The minimum atomic E-state index is -0.921. The number of carboxylic acid groups (broad SMARTS) is 2. The Balaban J connectivity index is -0.000000620. The van der Waals surface area contributed by atoms with E-state index in [9.17, 15) is 19.8 Å². The molecule has 0 atom stereocenters. The summed E-state index contributed by atoms with van der Waals surface area (Å²) in [6.45, 7) is 4.60. The van der Waals surface area contributed by atoms with Crippen LogP contribution in [-0.2, 0) is 9.59 Å². The molecule has 0 spiro atoms. The Morgan fingerprint density at radius 1 is 0.426 bits per heavy atom. The zero-order chi connectivity index (χ0) is 35.3. The SMILES string of the molecule is CCCCCCC[CH2][Sn+2][CH2]CCCCCCC.O=C([O-])CCCCCCCCCCC=S.O=C([O-])CCCCCCCCCCC=S. The maximum Gasteiger partial charge on any atom is 0.0414 e. The van der Waals surface area contributed by atoms with Crippen LogP contribution in [0.2, 0.25) is 8.87 Å². The van der Waals surface area contributed by atoms with Gasteiger partial charge in [0.15, 0.2) is 0 Å². The minimum absolute atomic E-state index is 0.0736. The summed E-state index contributed by atoms with van der Waals surface area (Å²) in [4.78, 5) is 20.2. The molecule has 0 heterocycles. The van der Waals surface area contributed by atoms with Crippen molar-refractivity contribution < 1.29 is 19.8 Å². The fourth-order valence-electron chi connectivity index (χ4n) is 5.30. The first kappa shape index (κ1) is 51.3. The van der Waals surface area contributed by atoms with Crippen molar-refractivity contribution in [1.82, 2.24) is 0 Å². The van der Waals surface area contributed by atoms with Crippen molar-refractivity contribution in [3.05, 3.63) is 0 Å². The molecule has 0 unspecified atom stereocenters. The molecule has 0 aromatic rings. The Morgan fingerprint density at radius 3 is 0.957 bits per heavy atom. The maximum atomic E-state index is 10.1. The third-order valence-corrected chi connectivity index (χ3v) is 12.8. The number of thiocarbonyl (C=S) groups is 2. The molecule has 7 heteroatoms. The van der Waals surface area contributed by atoms with Gasteiger partial charge in [0.25, 0.3) is 0 Å². The molecule has 0 aliphatic carbocycles. The number of carbonyl (C=O) groups excluding carboxylic acids is 2. The number of hydrogen-bond acceptors (Lipinski definition) is 6. The summed E-state index contributed by atoms with van der Waals surface area (Å²) in [7, 11) is 0. The molecule has 0 N–H and O–H groups in total. The number of unbranched alkanes of at least 4 members (excludes halogenated alkanes) is 26. The van der Waals surface area contributed by atoms with Gasteiger partial charge in [-0.1, -0.05) is 101 Å². The fourth-order valence-corrected chi connectivity index (χ4v) is 9.20. The molecular weight excluding hydrogens is 727 g/mol. The molecule has 0 saturated carbocycles. The summed E-state index contributed by atoms with van der Waals surface area (Å²) in [6.07, 6.45) is 38.8. The standard InChI is InChI=1S/2C12H22O2S.2C8H17.Sn/c2*13-12(14)10-8-6-4-2-1-3-5-7-9-11-15;2*1-3-5-7-8-6-4-2;/h2*11H,1-10H2,(H,13,14);2*1,3-8H2,2H3;/q;;;;+2/p-2. The topological polar surface area (TPSA) is 80.3 Å². The predicted octanol–water partition coefficient (Wildman–Crippen LogP) is 11.5. The Kier molecular flexibility index (Phi) is 54.9. The Hall–Kier alpha value is -0.0813. The van der Waals surface area contributed by atoms with Gasteiger partial charge in [0.2, 0.25) is 0 Å². The van der Waals surface area contributed by atoms with E-state index in [-0.39, 0.29) is 34.0 Å². The van der Waals surface area contributed by atoms with E-state index in [2.05, 4.69) is 13.8 Å². The summed E-state index contributed by atoms with van der Waals surface area (Å²) >= 11 is 9.56. The summed E-state index contributed by atoms with van der Waals surface area (Å²) < 4.78 is 3.31. The Bertz CT molecular complexity index is 581. The van der Waals surface area contributed by atoms with E-state index in [0.29, 0.717) is 0 Å². The van der Waals surface area contributed by atoms with E-state index in [0.717, 1.165) is 51.4 Å². The van der Waals surface area contributed by atoms with Gasteiger partial charge < -0.3 is 19.8 Å². The van der Waals surface area contributed by atoms with Crippen LogP contribution in [0.3, 0.4) is 0 Å². The zero-order valence-electron chi connectivity index (χ0n) is 31.1. The van der Waals surface area contributed by atoms with Gasteiger partial charge >= 0.3 is 121 Å². The molecule has 0 radical (unpaired) electrons. The second-order valence-corrected chi connectivity index (χ2v) is 18.0. The summed E-state index contributed by atoms with van der Waals surface area (Å²) in [5.74, 6) is -1.84. The number of carbonyl (C=O) groups is 2. The van der Waals surface area contributed by atoms with Gasteiger partial charge in [-0.25, -0.2) is 0 Å². The predicted molar refractivity (Wildman–Crippen MR) is 212 cm³/mol. The van der Waals surface area contributed by atoms with Gasteiger partial charge in [0.1, 0.15) is 0 Å². The average Bonchev–Trinajstić information content (AvgIpc) is 3.05. The summed E-state index contributed by atoms with van der Waals surface area (Å²) in [6, 6.07) is 0. The van der Waals surface area contributed by atoms with E-state index in [1.807, 2.05) is 0 Å². The minimum Gasteiger partial charge on any atom is -0.550 e. The van der Waals surface area contributed by atoms with Gasteiger partial charge in [-0.05, 0) is 62.1 Å². The van der Waals surface area contributed by atoms with Crippen molar-refractivity contribution in [3.63, 3.8) is 0 Å². The molecule has 0 aromatic heterocycles. The smallest absolute Gasteiger partial charge is 0.0414 e. The van der Waals surface area contributed by atoms with Gasteiger partial charge in [0.05, 0.1) is 0 Å². The van der Waals surface area contributed by atoms with Gasteiger partial charge in [-0.3, -0.25) is 0 Å². The molecule has 0 rings (SSSR count). The third kappa shape index (κ3) is 61.6. The quantitative estimate of drug-likeness (QED) is 0.0356. The first-order valence-electron chi connectivity index (χ1n) is 19.9. The summed E-state index contributed by atoms with van der Waals surface area (Å²) in [5.41, 5.74) is 0. The van der Waals surface area contributed by atoms with Crippen molar-refractivity contribution in [2.45, 2.75) is 228 Å². The third-order valence-electron chi connectivity index (χ3n) is 8.32. The zero-order valence-corrected chi connectivity index (χ0v) is 35.6. The first-order valence-corrected chi connectivity index (χ1v) is 24.9. The van der Waals surface area contributed by atoms with Crippen LogP contribution in [0.25, 0.3) is 0 Å². The van der Waals surface area contributed by atoms with Crippen LogP contribution in [0, 0.1) is 0 Å². The second-order valence-electron chi connectivity index (χ2n) is 13.1. The normalized spacial score (nSPS) is 10.3. The molecule has 0 saturated heterocycles. The van der Waals surface area contributed by atoms with Crippen molar-refractivity contribution >= 4 is 68.3 Å². The molecule has 0 aliphatic rings. The van der Waals surface area contributed by atoms with E-state index in [4.69, 9.17) is 24.4 Å². The van der Waals surface area contributed by atoms with Gasteiger partial charge in [0, 0.05) is 11.9 Å². The first-order chi connectivity index (χ1) is 23.0. The van der Waals surface area contributed by atoms with Crippen LogP contribution < -0.4 is 10.2 Å². The van der Waals surface area contributed by atoms with E-state index in [1.54, 1.807) is 32.5 Å². The number of aliphatic carboxylic acids is 2. The summed E-state index contributed by atoms with van der Waals surface area (Å²) in [5, 5.41) is 23.8. The van der Waals surface area contributed by atoms with Crippen molar-refractivity contribution in [3.8, 4) is 0 Å². The number of carboxylic acids is 2. The maximum absolute atomic E-state index is 10.1.